The van der Waals surface area contributed by atoms with Crippen LogP contribution in [0.3, 0.4) is 0 Å². The molecule has 0 aliphatic rings. The van der Waals surface area contributed by atoms with Gasteiger partial charge in [0.2, 0.25) is 5.95 Å². The molecule has 0 fully saturated rings. The molecule has 0 saturated carbocycles. The second-order valence-corrected chi connectivity index (χ2v) is 6.03. The molecule has 12 heteroatoms. The molecule has 0 saturated heterocycles. The van der Waals surface area contributed by atoms with Gasteiger partial charge < -0.3 is 10.7 Å². The summed E-state index contributed by atoms with van der Waals surface area (Å²) in [5.41, 5.74) is 4.49. The molecule has 0 spiro atoms. The third kappa shape index (κ3) is 3.24. The Morgan fingerprint density at radius 3 is 2.36 bits per heavy atom. The lowest BCUT2D eigenvalue weighted by molar-refractivity contribution is -0.137. The van der Waals surface area contributed by atoms with Crippen LogP contribution in [0, 0.1) is 0 Å². The second-order valence-electron chi connectivity index (χ2n) is 6.03. The number of aromatic nitrogens is 4. The molecule has 2 aromatic heterocycles. The Morgan fingerprint density at radius 1 is 1.18 bits per heavy atom. The van der Waals surface area contributed by atoms with E-state index in [0.717, 1.165) is 21.7 Å². The maximum atomic E-state index is 12.6. The Bertz CT molecular complexity index is 1190. The smallest absolute Gasteiger partial charge is 0.397 e. The lowest BCUT2D eigenvalue weighted by Crippen LogP contribution is -2.36. The fourth-order valence-electron chi connectivity index (χ4n) is 2.57. The standard InChI is InChI=1S/C16H16F3N7O2/c1-24-12-11(13(27)25(2)15(24)28)22-14(23-12)26(21)7-10(20)8-3-5-9(6-4-8)16(17,18)19/h3-7H,20-21H2,1-2H3,(H,22,23)/b10-7-. The molecule has 0 aliphatic heterocycles. The molecule has 0 radical (unpaired) electrons. The first-order chi connectivity index (χ1) is 13.0. The maximum Gasteiger partial charge on any atom is 0.416 e. The quantitative estimate of drug-likeness (QED) is 0.441. The van der Waals surface area contributed by atoms with Crippen LogP contribution in [0.15, 0.2) is 40.1 Å². The normalized spacial score (nSPS) is 12.6. The van der Waals surface area contributed by atoms with E-state index in [4.69, 9.17) is 11.6 Å². The zero-order valence-electron chi connectivity index (χ0n) is 14.8. The Balaban J connectivity index is 1.97. The number of alkyl halides is 3. The van der Waals surface area contributed by atoms with Crippen molar-refractivity contribution in [1.82, 2.24) is 19.1 Å². The van der Waals surface area contributed by atoms with Gasteiger partial charge in [-0.2, -0.15) is 18.2 Å². The molecule has 0 unspecified atom stereocenters. The summed E-state index contributed by atoms with van der Waals surface area (Å²) in [5.74, 6) is 5.90. The molecule has 0 aliphatic carbocycles. The van der Waals surface area contributed by atoms with Gasteiger partial charge in [0.1, 0.15) is 0 Å². The second kappa shape index (κ2) is 6.56. The number of imidazole rings is 1. The minimum Gasteiger partial charge on any atom is -0.397 e. The largest absolute Gasteiger partial charge is 0.416 e. The fourth-order valence-corrected chi connectivity index (χ4v) is 2.57. The molecule has 2 heterocycles. The van der Waals surface area contributed by atoms with E-state index < -0.39 is 23.0 Å². The van der Waals surface area contributed by atoms with Gasteiger partial charge in [-0.3, -0.25) is 18.9 Å². The van der Waals surface area contributed by atoms with Crippen molar-refractivity contribution in [3.05, 3.63) is 62.4 Å². The summed E-state index contributed by atoms with van der Waals surface area (Å²) in [6.45, 7) is 0. The van der Waals surface area contributed by atoms with Gasteiger partial charge in [-0.1, -0.05) is 12.1 Å². The SMILES string of the molecule is Cn1c(=O)c2[nH]c(N(N)/C=C(\N)c3ccc(C(F)(F)F)cc3)nc2n(C)c1=O. The Kier molecular flexibility index (Phi) is 4.51. The molecule has 0 atom stereocenters. The number of hydrazine groups is 1. The number of H-pyrrole nitrogens is 1. The number of rotatable bonds is 3. The van der Waals surface area contributed by atoms with Gasteiger partial charge in [0, 0.05) is 20.3 Å². The third-order valence-corrected chi connectivity index (χ3v) is 4.15. The lowest BCUT2D eigenvalue weighted by atomic mass is 10.1. The number of aromatic amines is 1. The van der Waals surface area contributed by atoms with Gasteiger partial charge in [-0.25, -0.2) is 10.6 Å². The molecule has 0 bridgehead atoms. The van der Waals surface area contributed by atoms with Gasteiger partial charge >= 0.3 is 11.9 Å². The average Bonchev–Trinajstić information content (AvgIpc) is 3.10. The Hall–Kier alpha value is -3.54. The van der Waals surface area contributed by atoms with Crippen molar-refractivity contribution in [2.45, 2.75) is 6.18 Å². The van der Waals surface area contributed by atoms with E-state index >= 15 is 0 Å². The number of nitrogens with zero attached hydrogens (tertiary/aromatic N) is 4. The van der Waals surface area contributed by atoms with Crippen molar-refractivity contribution in [3.63, 3.8) is 0 Å². The molecule has 1 aromatic carbocycles. The van der Waals surface area contributed by atoms with E-state index in [0.29, 0.717) is 5.56 Å². The van der Waals surface area contributed by atoms with Crippen LogP contribution in [0.4, 0.5) is 19.1 Å². The van der Waals surface area contributed by atoms with Gasteiger partial charge in [0.15, 0.2) is 11.2 Å². The molecule has 5 N–H and O–H groups in total. The third-order valence-electron chi connectivity index (χ3n) is 4.15. The molecular formula is C16H16F3N7O2. The summed E-state index contributed by atoms with van der Waals surface area (Å²) in [6.07, 6.45) is -3.23. The summed E-state index contributed by atoms with van der Waals surface area (Å²) >= 11 is 0. The lowest BCUT2D eigenvalue weighted by Gasteiger charge is -2.12. The van der Waals surface area contributed by atoms with Gasteiger partial charge in [-0.05, 0) is 17.7 Å². The van der Waals surface area contributed by atoms with Crippen LogP contribution in [0.2, 0.25) is 0 Å². The molecule has 3 rings (SSSR count). The van der Waals surface area contributed by atoms with Crippen molar-refractivity contribution < 1.29 is 13.2 Å². The highest BCUT2D eigenvalue weighted by Gasteiger charge is 2.30. The number of benzene rings is 1. The fraction of sp³-hybridized carbons (Fsp3) is 0.188. The number of anilines is 1. The zero-order chi connectivity index (χ0) is 20.8. The summed E-state index contributed by atoms with van der Waals surface area (Å²) in [5, 5.41) is 0.969. The summed E-state index contributed by atoms with van der Waals surface area (Å²) in [7, 11) is 2.77. The molecule has 28 heavy (non-hydrogen) atoms. The zero-order valence-corrected chi connectivity index (χ0v) is 14.8. The highest BCUT2D eigenvalue weighted by atomic mass is 19.4. The van der Waals surface area contributed by atoms with E-state index in [-0.39, 0.29) is 22.8 Å². The van der Waals surface area contributed by atoms with E-state index in [2.05, 4.69) is 9.97 Å². The highest BCUT2D eigenvalue weighted by Crippen LogP contribution is 2.29. The van der Waals surface area contributed by atoms with E-state index in [1.54, 1.807) is 0 Å². The molecule has 3 aromatic rings. The first-order valence-electron chi connectivity index (χ1n) is 7.85. The monoisotopic (exact) mass is 395 g/mol. The predicted octanol–water partition coefficient (Wildman–Crippen LogP) is 0.617. The first kappa shape index (κ1) is 19.2. The first-order valence-corrected chi connectivity index (χ1v) is 7.85. The summed E-state index contributed by atoms with van der Waals surface area (Å²) in [6, 6.07) is 4.22. The number of halogens is 3. The number of nitrogens with two attached hydrogens (primary N) is 2. The Morgan fingerprint density at radius 2 is 1.79 bits per heavy atom. The van der Waals surface area contributed by atoms with Crippen LogP contribution in [-0.2, 0) is 20.3 Å². The molecular weight excluding hydrogens is 379 g/mol. The van der Waals surface area contributed by atoms with Crippen molar-refractivity contribution in [2.24, 2.45) is 25.7 Å². The molecule has 148 valence electrons. The van der Waals surface area contributed by atoms with E-state index in [9.17, 15) is 22.8 Å². The predicted molar refractivity (Wildman–Crippen MR) is 96.9 cm³/mol. The van der Waals surface area contributed by atoms with Crippen LogP contribution >= 0.6 is 0 Å². The molecule has 9 nitrogen and oxygen atoms in total. The summed E-state index contributed by atoms with van der Waals surface area (Å²) < 4.78 is 40.0. The van der Waals surface area contributed by atoms with Crippen molar-refractivity contribution >= 4 is 22.8 Å². The Labute approximate surface area is 155 Å². The number of hydrogen-bond acceptors (Lipinski definition) is 6. The van der Waals surface area contributed by atoms with Crippen molar-refractivity contribution in [2.75, 3.05) is 5.01 Å². The van der Waals surface area contributed by atoms with Crippen LogP contribution in [0.25, 0.3) is 16.9 Å². The van der Waals surface area contributed by atoms with Crippen molar-refractivity contribution in [1.29, 1.82) is 0 Å². The highest BCUT2D eigenvalue weighted by molar-refractivity contribution is 5.74. The van der Waals surface area contributed by atoms with E-state index in [1.807, 2.05) is 0 Å². The minimum absolute atomic E-state index is 0.0168. The van der Waals surface area contributed by atoms with Crippen molar-refractivity contribution in [3.8, 4) is 0 Å². The minimum atomic E-state index is -4.45. The topological polar surface area (TPSA) is 128 Å². The van der Waals surface area contributed by atoms with E-state index in [1.165, 1.54) is 37.0 Å². The number of fused-ring (bicyclic) bond motifs is 1. The molecule has 0 amide bonds. The van der Waals surface area contributed by atoms with Crippen LogP contribution in [0.5, 0.6) is 0 Å². The average molecular weight is 395 g/mol. The van der Waals surface area contributed by atoms with Gasteiger partial charge in [0.25, 0.3) is 5.56 Å². The maximum absolute atomic E-state index is 12.6. The number of aryl methyl sites for hydroxylation is 1. The van der Waals surface area contributed by atoms with Gasteiger partial charge in [-0.15, -0.1) is 0 Å². The number of hydrogen-bond donors (Lipinski definition) is 3. The number of nitrogens with one attached hydrogen (secondary N) is 1. The van der Waals surface area contributed by atoms with Crippen LogP contribution < -0.4 is 27.8 Å². The van der Waals surface area contributed by atoms with Crippen LogP contribution in [-0.4, -0.2) is 19.1 Å². The van der Waals surface area contributed by atoms with Gasteiger partial charge in [0.05, 0.1) is 11.3 Å². The summed E-state index contributed by atoms with van der Waals surface area (Å²) in [4.78, 5) is 31.0. The van der Waals surface area contributed by atoms with Crippen LogP contribution in [0.1, 0.15) is 11.1 Å².